The fourth-order valence-electron chi connectivity index (χ4n) is 2.80. The van der Waals surface area contributed by atoms with Crippen molar-refractivity contribution >= 4 is 40.2 Å². The van der Waals surface area contributed by atoms with Gasteiger partial charge in [0, 0.05) is 52.8 Å². The molecule has 4 nitrogen and oxygen atoms in total. The summed E-state index contributed by atoms with van der Waals surface area (Å²) in [6, 6.07) is 5.94. The number of nitrogens with one attached hydrogen (secondary N) is 1. The lowest BCUT2D eigenvalue weighted by molar-refractivity contribution is -0.138. The van der Waals surface area contributed by atoms with Gasteiger partial charge in [0.1, 0.15) is 0 Å². The van der Waals surface area contributed by atoms with Gasteiger partial charge >= 0.3 is 5.97 Å². The molecule has 0 bridgehead atoms. The van der Waals surface area contributed by atoms with Crippen molar-refractivity contribution in [2.45, 2.75) is 19.0 Å². The van der Waals surface area contributed by atoms with E-state index in [1.54, 1.807) is 0 Å². The predicted octanol–water partition coefficient (Wildman–Crippen LogP) is 3.21. The van der Waals surface area contributed by atoms with Crippen LogP contribution in [0.15, 0.2) is 24.4 Å². The lowest BCUT2D eigenvalue weighted by Gasteiger charge is -2.34. The van der Waals surface area contributed by atoms with E-state index in [0.29, 0.717) is 5.02 Å². The van der Waals surface area contributed by atoms with Crippen LogP contribution in [0.4, 0.5) is 0 Å². The van der Waals surface area contributed by atoms with Crippen LogP contribution in [-0.4, -0.2) is 45.1 Å². The van der Waals surface area contributed by atoms with E-state index in [1.807, 2.05) is 36.2 Å². The number of hydrogen-bond acceptors (Lipinski definition) is 3. The van der Waals surface area contributed by atoms with Crippen LogP contribution in [0.25, 0.3) is 10.9 Å². The van der Waals surface area contributed by atoms with Crippen LogP contribution >= 0.6 is 23.4 Å². The number of aromatic amines is 1. The maximum absolute atomic E-state index is 11.0. The molecule has 0 aliphatic carbocycles. The third-order valence-electron chi connectivity index (χ3n) is 3.86. The first-order valence-corrected chi connectivity index (χ1v) is 8.46. The summed E-state index contributed by atoms with van der Waals surface area (Å²) < 4.78 is 0. The summed E-state index contributed by atoms with van der Waals surface area (Å²) in [4.78, 5) is 16.5. The Kier molecular flexibility index (Phi) is 4.42. The SMILES string of the molecule is O=C(O)CC1CSCCN1Cc1c[nH]c2cc(Cl)ccc12. The summed E-state index contributed by atoms with van der Waals surface area (Å²) in [6.07, 6.45) is 2.21. The van der Waals surface area contributed by atoms with Crippen LogP contribution in [0.3, 0.4) is 0 Å². The minimum Gasteiger partial charge on any atom is -0.481 e. The topological polar surface area (TPSA) is 56.3 Å². The number of benzene rings is 1. The Morgan fingerprint density at radius 1 is 1.52 bits per heavy atom. The van der Waals surface area contributed by atoms with Crippen LogP contribution < -0.4 is 0 Å². The average molecular weight is 325 g/mol. The Balaban J connectivity index is 1.81. The highest BCUT2D eigenvalue weighted by Crippen LogP contribution is 2.26. The summed E-state index contributed by atoms with van der Waals surface area (Å²) in [5, 5.41) is 10.9. The van der Waals surface area contributed by atoms with Gasteiger partial charge in [0.2, 0.25) is 0 Å². The summed E-state index contributed by atoms with van der Waals surface area (Å²) >= 11 is 7.84. The van der Waals surface area contributed by atoms with Crippen LogP contribution in [-0.2, 0) is 11.3 Å². The van der Waals surface area contributed by atoms with Crippen molar-refractivity contribution in [1.82, 2.24) is 9.88 Å². The second-order valence-corrected chi connectivity index (χ2v) is 6.89. The molecule has 1 aliphatic heterocycles. The molecule has 1 aliphatic rings. The normalized spacial score (nSPS) is 20.0. The van der Waals surface area contributed by atoms with Crippen molar-refractivity contribution in [2.24, 2.45) is 0 Å². The highest BCUT2D eigenvalue weighted by atomic mass is 35.5. The molecule has 2 heterocycles. The minimum atomic E-state index is -0.724. The molecule has 1 atom stereocenters. The van der Waals surface area contributed by atoms with Gasteiger partial charge in [-0.15, -0.1) is 0 Å². The standard InChI is InChI=1S/C15H17ClN2O2S/c16-11-1-2-13-10(7-17-14(13)5-11)8-18-3-4-21-9-12(18)6-15(19)20/h1-2,5,7,12,17H,3-4,6,8-9H2,(H,19,20). The van der Waals surface area contributed by atoms with Gasteiger partial charge in [-0.3, -0.25) is 9.69 Å². The Labute approximate surface area is 132 Å². The van der Waals surface area contributed by atoms with E-state index < -0.39 is 5.97 Å². The molecule has 1 aromatic heterocycles. The number of aromatic nitrogens is 1. The molecule has 1 aromatic carbocycles. The van der Waals surface area contributed by atoms with E-state index in [1.165, 1.54) is 5.56 Å². The fraction of sp³-hybridized carbons (Fsp3) is 0.400. The number of fused-ring (bicyclic) bond motifs is 1. The number of thioether (sulfide) groups is 1. The Hall–Kier alpha value is -1.17. The zero-order valence-electron chi connectivity index (χ0n) is 11.5. The molecular formula is C15H17ClN2O2S. The molecule has 6 heteroatoms. The van der Waals surface area contributed by atoms with E-state index in [2.05, 4.69) is 9.88 Å². The van der Waals surface area contributed by atoms with E-state index in [-0.39, 0.29) is 12.5 Å². The number of hydrogen-bond donors (Lipinski definition) is 2. The van der Waals surface area contributed by atoms with Gasteiger partial charge in [0.25, 0.3) is 0 Å². The van der Waals surface area contributed by atoms with Crippen molar-refractivity contribution in [3.05, 3.63) is 35.0 Å². The smallest absolute Gasteiger partial charge is 0.304 e. The number of carboxylic acids is 1. The largest absolute Gasteiger partial charge is 0.481 e. The number of aliphatic carboxylic acids is 1. The van der Waals surface area contributed by atoms with Crippen molar-refractivity contribution in [2.75, 3.05) is 18.1 Å². The first-order valence-electron chi connectivity index (χ1n) is 6.92. The molecule has 1 saturated heterocycles. The van der Waals surface area contributed by atoms with E-state index in [0.717, 1.165) is 35.5 Å². The van der Waals surface area contributed by atoms with E-state index in [4.69, 9.17) is 16.7 Å². The number of rotatable bonds is 4. The van der Waals surface area contributed by atoms with Crippen LogP contribution in [0, 0.1) is 0 Å². The van der Waals surface area contributed by atoms with Gasteiger partial charge in [-0.2, -0.15) is 11.8 Å². The molecule has 2 N–H and O–H groups in total. The molecule has 2 aromatic rings. The van der Waals surface area contributed by atoms with Gasteiger partial charge in [-0.05, 0) is 17.7 Å². The maximum atomic E-state index is 11.0. The Morgan fingerprint density at radius 2 is 2.38 bits per heavy atom. The van der Waals surface area contributed by atoms with Crippen molar-refractivity contribution in [3.8, 4) is 0 Å². The first kappa shape index (κ1) is 14.8. The number of nitrogens with zero attached hydrogens (tertiary/aromatic N) is 1. The zero-order valence-corrected chi connectivity index (χ0v) is 13.1. The Morgan fingerprint density at radius 3 is 3.19 bits per heavy atom. The zero-order chi connectivity index (χ0) is 14.8. The predicted molar refractivity (Wildman–Crippen MR) is 87.1 cm³/mol. The van der Waals surface area contributed by atoms with Gasteiger partial charge in [-0.25, -0.2) is 0 Å². The molecule has 1 unspecified atom stereocenters. The van der Waals surface area contributed by atoms with Gasteiger partial charge in [0.15, 0.2) is 0 Å². The molecule has 0 radical (unpaired) electrons. The Bertz CT molecular complexity index is 658. The van der Waals surface area contributed by atoms with Gasteiger partial charge in [0.05, 0.1) is 6.42 Å². The van der Waals surface area contributed by atoms with Crippen LogP contribution in [0.2, 0.25) is 5.02 Å². The molecule has 0 spiro atoms. The number of carbonyl (C=O) groups is 1. The molecule has 3 rings (SSSR count). The number of H-pyrrole nitrogens is 1. The minimum absolute atomic E-state index is 0.110. The first-order chi connectivity index (χ1) is 10.1. The second-order valence-electron chi connectivity index (χ2n) is 5.30. The third kappa shape index (κ3) is 3.36. The molecule has 0 saturated carbocycles. The van der Waals surface area contributed by atoms with E-state index >= 15 is 0 Å². The molecule has 1 fully saturated rings. The fourth-order valence-corrected chi connectivity index (χ4v) is 4.10. The molecule has 21 heavy (non-hydrogen) atoms. The third-order valence-corrected chi connectivity index (χ3v) is 5.19. The van der Waals surface area contributed by atoms with Crippen molar-refractivity contribution < 1.29 is 9.90 Å². The van der Waals surface area contributed by atoms with Gasteiger partial charge in [-0.1, -0.05) is 17.7 Å². The maximum Gasteiger partial charge on any atom is 0.304 e. The molecule has 0 amide bonds. The summed E-state index contributed by atoms with van der Waals surface area (Å²) in [5.74, 6) is 1.23. The summed E-state index contributed by atoms with van der Waals surface area (Å²) in [7, 11) is 0. The highest BCUT2D eigenvalue weighted by molar-refractivity contribution is 7.99. The lowest BCUT2D eigenvalue weighted by atomic mass is 10.1. The quantitative estimate of drug-likeness (QED) is 0.906. The van der Waals surface area contributed by atoms with E-state index in [9.17, 15) is 4.79 Å². The van der Waals surface area contributed by atoms with Crippen LogP contribution in [0.1, 0.15) is 12.0 Å². The van der Waals surface area contributed by atoms with Gasteiger partial charge < -0.3 is 10.1 Å². The van der Waals surface area contributed by atoms with Crippen molar-refractivity contribution in [1.29, 1.82) is 0 Å². The van der Waals surface area contributed by atoms with Crippen LogP contribution in [0.5, 0.6) is 0 Å². The van der Waals surface area contributed by atoms with Crippen molar-refractivity contribution in [3.63, 3.8) is 0 Å². The monoisotopic (exact) mass is 324 g/mol. The number of halogens is 1. The summed E-state index contributed by atoms with van der Waals surface area (Å²) in [5.41, 5.74) is 2.22. The summed E-state index contributed by atoms with van der Waals surface area (Å²) in [6.45, 7) is 1.71. The second kappa shape index (κ2) is 6.30. The molecule has 112 valence electrons. The number of carboxylic acid groups (broad SMARTS) is 1. The average Bonchev–Trinajstić information content (AvgIpc) is 2.83. The lowest BCUT2D eigenvalue weighted by Crippen LogP contribution is -2.42. The molecular weight excluding hydrogens is 308 g/mol. The highest BCUT2D eigenvalue weighted by Gasteiger charge is 2.25.